The quantitative estimate of drug-likeness (QED) is 0.837. The van der Waals surface area contributed by atoms with E-state index in [1.807, 2.05) is 26.0 Å². The van der Waals surface area contributed by atoms with Crippen molar-refractivity contribution in [2.24, 2.45) is 5.92 Å². The number of anilines is 1. The van der Waals surface area contributed by atoms with Gasteiger partial charge in [0.15, 0.2) is 0 Å². The standard InChI is InChI=1S/C13H19N5O2S/c1-11(2)5-7-21(19,20)17-13-15-10-18(16-13)9-12-4-3-6-14-8-12/h3-4,6,8,10-11H,5,7,9H2,1-2H3,(H,16,17). The number of hydrogen-bond donors (Lipinski definition) is 1. The van der Waals surface area contributed by atoms with Gasteiger partial charge >= 0.3 is 0 Å². The third-order valence-electron chi connectivity index (χ3n) is 2.81. The lowest BCUT2D eigenvalue weighted by molar-refractivity contribution is 0.577. The van der Waals surface area contributed by atoms with Crippen LogP contribution >= 0.6 is 0 Å². The van der Waals surface area contributed by atoms with Gasteiger partial charge in [0, 0.05) is 12.4 Å². The van der Waals surface area contributed by atoms with Crippen molar-refractivity contribution in [3.05, 3.63) is 36.4 Å². The molecule has 0 atom stereocenters. The highest BCUT2D eigenvalue weighted by Gasteiger charge is 2.14. The Balaban J connectivity index is 1.97. The molecule has 0 saturated heterocycles. The van der Waals surface area contributed by atoms with Crippen LogP contribution < -0.4 is 4.72 Å². The minimum absolute atomic E-state index is 0.0712. The molecule has 114 valence electrons. The third-order valence-corrected chi connectivity index (χ3v) is 4.08. The summed E-state index contributed by atoms with van der Waals surface area (Å²) < 4.78 is 27.7. The monoisotopic (exact) mass is 309 g/mol. The van der Waals surface area contributed by atoms with Crippen LogP contribution in [0.25, 0.3) is 0 Å². The molecule has 1 N–H and O–H groups in total. The first-order valence-electron chi connectivity index (χ1n) is 6.73. The van der Waals surface area contributed by atoms with Gasteiger partial charge in [0.1, 0.15) is 6.33 Å². The molecule has 0 unspecified atom stereocenters. The van der Waals surface area contributed by atoms with Gasteiger partial charge in [0.05, 0.1) is 12.3 Å². The highest BCUT2D eigenvalue weighted by molar-refractivity contribution is 7.92. The zero-order chi connectivity index (χ0) is 15.3. The van der Waals surface area contributed by atoms with Crippen LogP contribution in [0, 0.1) is 5.92 Å². The number of nitrogens with one attached hydrogen (secondary N) is 1. The topological polar surface area (TPSA) is 89.8 Å². The Labute approximate surface area is 124 Å². The van der Waals surface area contributed by atoms with Crippen LogP contribution in [0.4, 0.5) is 5.95 Å². The van der Waals surface area contributed by atoms with Gasteiger partial charge in [-0.2, -0.15) is 4.98 Å². The minimum Gasteiger partial charge on any atom is -0.264 e. The second kappa shape index (κ2) is 6.66. The minimum atomic E-state index is -3.39. The number of nitrogens with zero attached hydrogens (tertiary/aromatic N) is 4. The van der Waals surface area contributed by atoms with Crippen molar-refractivity contribution in [3.8, 4) is 0 Å². The molecule has 21 heavy (non-hydrogen) atoms. The Bertz CT molecular complexity index is 667. The molecule has 0 aliphatic heterocycles. The van der Waals surface area contributed by atoms with E-state index in [1.165, 1.54) is 6.33 Å². The molecule has 2 heterocycles. The van der Waals surface area contributed by atoms with Crippen molar-refractivity contribution >= 4 is 16.0 Å². The van der Waals surface area contributed by atoms with Crippen molar-refractivity contribution in [1.82, 2.24) is 19.7 Å². The summed E-state index contributed by atoms with van der Waals surface area (Å²) >= 11 is 0. The van der Waals surface area contributed by atoms with Crippen LogP contribution in [0.2, 0.25) is 0 Å². The first-order valence-corrected chi connectivity index (χ1v) is 8.39. The molecule has 0 aliphatic carbocycles. The average Bonchev–Trinajstić information content (AvgIpc) is 2.84. The first kappa shape index (κ1) is 15.4. The van der Waals surface area contributed by atoms with Crippen LogP contribution in [-0.4, -0.2) is 33.9 Å². The van der Waals surface area contributed by atoms with E-state index in [0.29, 0.717) is 18.9 Å². The number of hydrogen-bond acceptors (Lipinski definition) is 5. The summed E-state index contributed by atoms with van der Waals surface area (Å²) in [7, 11) is -3.39. The lowest BCUT2D eigenvalue weighted by Gasteiger charge is -2.06. The van der Waals surface area contributed by atoms with Crippen molar-refractivity contribution < 1.29 is 8.42 Å². The van der Waals surface area contributed by atoms with Crippen molar-refractivity contribution in [1.29, 1.82) is 0 Å². The summed E-state index contributed by atoms with van der Waals surface area (Å²) in [5, 5.41) is 4.11. The van der Waals surface area contributed by atoms with Gasteiger partial charge in [-0.3, -0.25) is 4.98 Å². The van der Waals surface area contributed by atoms with E-state index in [-0.39, 0.29) is 11.7 Å². The Morgan fingerprint density at radius 3 is 2.86 bits per heavy atom. The molecule has 0 aromatic carbocycles. The number of aromatic nitrogens is 4. The molecule has 0 fully saturated rings. The molecule has 2 rings (SSSR count). The molecule has 2 aromatic heterocycles. The van der Waals surface area contributed by atoms with Gasteiger partial charge < -0.3 is 0 Å². The van der Waals surface area contributed by atoms with Crippen LogP contribution in [-0.2, 0) is 16.6 Å². The number of rotatable bonds is 7. The van der Waals surface area contributed by atoms with E-state index in [1.54, 1.807) is 17.1 Å². The zero-order valence-electron chi connectivity index (χ0n) is 12.1. The zero-order valence-corrected chi connectivity index (χ0v) is 12.9. The predicted molar refractivity (Wildman–Crippen MR) is 80.2 cm³/mol. The summed E-state index contributed by atoms with van der Waals surface area (Å²) in [4.78, 5) is 7.98. The molecule has 0 radical (unpaired) electrons. The summed E-state index contributed by atoms with van der Waals surface area (Å²) in [6, 6.07) is 3.75. The molecule has 7 nitrogen and oxygen atoms in total. The number of sulfonamides is 1. The van der Waals surface area contributed by atoms with Crippen molar-refractivity contribution in [2.75, 3.05) is 10.5 Å². The maximum Gasteiger partial charge on any atom is 0.255 e. The van der Waals surface area contributed by atoms with Crippen LogP contribution in [0.3, 0.4) is 0 Å². The van der Waals surface area contributed by atoms with Gasteiger partial charge in [-0.15, -0.1) is 5.10 Å². The Morgan fingerprint density at radius 1 is 1.38 bits per heavy atom. The second-order valence-corrected chi connectivity index (χ2v) is 7.07. The Hall–Kier alpha value is -1.96. The fourth-order valence-electron chi connectivity index (χ4n) is 1.68. The maximum absolute atomic E-state index is 11.9. The summed E-state index contributed by atoms with van der Waals surface area (Å²) in [6.45, 7) is 4.46. The highest BCUT2D eigenvalue weighted by atomic mass is 32.2. The van der Waals surface area contributed by atoms with Crippen molar-refractivity contribution in [3.63, 3.8) is 0 Å². The van der Waals surface area contributed by atoms with Gasteiger partial charge in [-0.25, -0.2) is 17.8 Å². The van der Waals surface area contributed by atoms with E-state index >= 15 is 0 Å². The van der Waals surface area contributed by atoms with E-state index in [2.05, 4.69) is 19.8 Å². The molecule has 2 aromatic rings. The number of pyridine rings is 1. The maximum atomic E-state index is 11.9. The van der Waals surface area contributed by atoms with E-state index in [0.717, 1.165) is 5.56 Å². The average molecular weight is 309 g/mol. The summed E-state index contributed by atoms with van der Waals surface area (Å²) in [5.41, 5.74) is 0.969. The molecule has 8 heteroatoms. The molecule has 0 spiro atoms. The van der Waals surface area contributed by atoms with Gasteiger partial charge in [0.25, 0.3) is 5.95 Å². The van der Waals surface area contributed by atoms with Crippen LogP contribution in [0.15, 0.2) is 30.9 Å². The van der Waals surface area contributed by atoms with E-state index in [9.17, 15) is 8.42 Å². The van der Waals surface area contributed by atoms with E-state index in [4.69, 9.17) is 0 Å². The molecule has 0 amide bonds. The van der Waals surface area contributed by atoms with Crippen LogP contribution in [0.5, 0.6) is 0 Å². The summed E-state index contributed by atoms with van der Waals surface area (Å²) in [5.74, 6) is 0.502. The largest absolute Gasteiger partial charge is 0.264 e. The third kappa shape index (κ3) is 5.14. The molecular weight excluding hydrogens is 290 g/mol. The smallest absolute Gasteiger partial charge is 0.255 e. The molecule has 0 saturated carbocycles. The molecule has 0 bridgehead atoms. The molecular formula is C13H19N5O2S. The van der Waals surface area contributed by atoms with Gasteiger partial charge in [0.2, 0.25) is 10.0 Å². The SMILES string of the molecule is CC(C)CCS(=O)(=O)Nc1ncn(Cc2cccnc2)n1. The normalized spacial score (nSPS) is 11.8. The fraction of sp³-hybridized carbons (Fsp3) is 0.462. The predicted octanol–water partition coefficient (Wildman–Crippen LogP) is 1.51. The highest BCUT2D eigenvalue weighted by Crippen LogP contribution is 2.07. The van der Waals surface area contributed by atoms with Crippen molar-refractivity contribution in [2.45, 2.75) is 26.8 Å². The lowest BCUT2D eigenvalue weighted by Crippen LogP contribution is -2.19. The lowest BCUT2D eigenvalue weighted by atomic mass is 10.2. The summed E-state index contributed by atoms with van der Waals surface area (Å²) in [6.07, 6.45) is 5.52. The Morgan fingerprint density at radius 2 is 2.19 bits per heavy atom. The second-order valence-electron chi connectivity index (χ2n) is 5.23. The van der Waals surface area contributed by atoms with Crippen LogP contribution in [0.1, 0.15) is 25.8 Å². The van der Waals surface area contributed by atoms with E-state index < -0.39 is 10.0 Å². The molecule has 0 aliphatic rings. The first-order chi connectivity index (χ1) is 9.94. The van der Waals surface area contributed by atoms with Gasteiger partial charge in [-0.1, -0.05) is 19.9 Å². The van der Waals surface area contributed by atoms with Gasteiger partial charge in [-0.05, 0) is 24.0 Å². The fourth-order valence-corrected chi connectivity index (χ4v) is 2.93. The Kier molecular flexibility index (Phi) is 4.89.